The molecule has 2 rings (SSSR count). The van der Waals surface area contributed by atoms with Gasteiger partial charge in [0.2, 0.25) is 0 Å². The molecule has 2 aromatic carbocycles. The number of phenolic OH excluding ortho intramolecular Hbond substituents is 1. The van der Waals surface area contributed by atoms with E-state index in [9.17, 15) is 9.50 Å². The van der Waals surface area contributed by atoms with Gasteiger partial charge in [0, 0.05) is 5.56 Å². The predicted octanol–water partition coefficient (Wildman–Crippen LogP) is 3.51. The molecule has 0 aliphatic heterocycles. The summed E-state index contributed by atoms with van der Waals surface area (Å²) in [4.78, 5) is 0. The van der Waals surface area contributed by atoms with E-state index in [-0.39, 0.29) is 11.6 Å². The molecule has 0 fully saturated rings. The number of phenols is 1. The molecule has 0 aliphatic carbocycles. The van der Waals surface area contributed by atoms with E-state index in [0.29, 0.717) is 11.1 Å². The molecule has 0 aliphatic rings. The second-order valence-electron chi connectivity index (χ2n) is 3.43. The van der Waals surface area contributed by atoms with E-state index in [4.69, 9.17) is 0 Å². The van der Waals surface area contributed by atoms with E-state index >= 15 is 0 Å². The molecule has 0 radical (unpaired) electrons. The second-order valence-corrected chi connectivity index (χ2v) is 3.43. The Balaban J connectivity index is 2.65. The highest BCUT2D eigenvalue weighted by Gasteiger charge is 2.08. The van der Waals surface area contributed by atoms with Crippen LogP contribution in [0.5, 0.6) is 5.75 Å². The van der Waals surface area contributed by atoms with Crippen LogP contribution in [0.25, 0.3) is 11.1 Å². The monoisotopic (exact) mass is 202 g/mol. The first-order valence-electron chi connectivity index (χ1n) is 4.73. The van der Waals surface area contributed by atoms with Crippen molar-refractivity contribution in [1.29, 1.82) is 0 Å². The Bertz CT molecular complexity index is 492. The first-order chi connectivity index (χ1) is 7.20. The quantitative estimate of drug-likeness (QED) is 0.750. The molecule has 2 aromatic rings. The van der Waals surface area contributed by atoms with Crippen molar-refractivity contribution in [3.8, 4) is 16.9 Å². The first-order valence-corrected chi connectivity index (χ1v) is 4.73. The average molecular weight is 202 g/mol. The van der Waals surface area contributed by atoms with Crippen molar-refractivity contribution in [2.75, 3.05) is 0 Å². The van der Waals surface area contributed by atoms with Crippen LogP contribution in [0.4, 0.5) is 4.39 Å². The maximum absolute atomic E-state index is 13.3. The number of hydrogen-bond donors (Lipinski definition) is 1. The lowest BCUT2D eigenvalue weighted by molar-refractivity contribution is 0.477. The van der Waals surface area contributed by atoms with Gasteiger partial charge in [-0.05, 0) is 30.2 Å². The maximum Gasteiger partial charge on any atom is 0.126 e. The minimum atomic E-state index is -0.254. The molecule has 0 heterocycles. The van der Waals surface area contributed by atoms with Crippen LogP contribution < -0.4 is 0 Å². The van der Waals surface area contributed by atoms with Gasteiger partial charge in [-0.25, -0.2) is 4.39 Å². The summed E-state index contributed by atoms with van der Waals surface area (Å²) in [7, 11) is 0. The summed E-state index contributed by atoms with van der Waals surface area (Å²) in [6.45, 7) is 1.71. The molecule has 1 N–H and O–H groups in total. The van der Waals surface area contributed by atoms with Gasteiger partial charge in [-0.15, -0.1) is 0 Å². The molecule has 0 spiro atoms. The zero-order chi connectivity index (χ0) is 10.8. The number of halogens is 1. The van der Waals surface area contributed by atoms with Crippen molar-refractivity contribution in [2.24, 2.45) is 0 Å². The molecule has 76 valence electrons. The smallest absolute Gasteiger partial charge is 0.126 e. The Morgan fingerprint density at radius 1 is 0.933 bits per heavy atom. The molecule has 0 atom stereocenters. The fourth-order valence-corrected chi connectivity index (χ4v) is 1.60. The van der Waals surface area contributed by atoms with Crippen LogP contribution in [0, 0.1) is 12.7 Å². The van der Waals surface area contributed by atoms with Crippen LogP contribution in [0.1, 0.15) is 5.56 Å². The number of rotatable bonds is 1. The number of aromatic hydroxyl groups is 1. The van der Waals surface area contributed by atoms with Crippen LogP contribution >= 0.6 is 0 Å². The van der Waals surface area contributed by atoms with Crippen LogP contribution in [0.15, 0.2) is 42.5 Å². The minimum Gasteiger partial charge on any atom is -0.507 e. The summed E-state index contributed by atoms with van der Waals surface area (Å²) < 4.78 is 13.3. The van der Waals surface area contributed by atoms with Gasteiger partial charge in [0.1, 0.15) is 11.6 Å². The second kappa shape index (κ2) is 3.73. The molecule has 0 bridgehead atoms. The van der Waals surface area contributed by atoms with E-state index in [1.807, 2.05) is 6.07 Å². The summed E-state index contributed by atoms with van der Waals surface area (Å²) >= 11 is 0. The van der Waals surface area contributed by atoms with Crippen molar-refractivity contribution in [3.63, 3.8) is 0 Å². The number of hydrogen-bond acceptors (Lipinski definition) is 1. The molecule has 0 aromatic heterocycles. The van der Waals surface area contributed by atoms with Gasteiger partial charge in [0.05, 0.1) is 0 Å². The predicted molar refractivity (Wildman–Crippen MR) is 58.2 cm³/mol. The Morgan fingerprint density at radius 2 is 1.60 bits per heavy atom. The first kappa shape index (κ1) is 9.71. The molecule has 2 heteroatoms. The lowest BCUT2D eigenvalue weighted by Gasteiger charge is -2.08. The Hall–Kier alpha value is -1.83. The molecule has 0 saturated carbocycles. The summed E-state index contributed by atoms with van der Waals surface area (Å²) in [6.07, 6.45) is 0. The summed E-state index contributed by atoms with van der Waals surface area (Å²) in [5, 5.41) is 9.66. The topological polar surface area (TPSA) is 20.2 Å². The summed E-state index contributed by atoms with van der Waals surface area (Å²) in [5.74, 6) is -0.0815. The molecule has 0 amide bonds. The fraction of sp³-hybridized carbons (Fsp3) is 0.0769. The highest BCUT2D eigenvalue weighted by molar-refractivity contribution is 5.72. The van der Waals surface area contributed by atoms with Crippen LogP contribution in [-0.2, 0) is 0 Å². The normalized spacial score (nSPS) is 10.3. The lowest BCUT2D eigenvalue weighted by atomic mass is 9.99. The van der Waals surface area contributed by atoms with Gasteiger partial charge >= 0.3 is 0 Å². The SMILES string of the molecule is Cc1c(F)cccc1-c1ccccc1O. The van der Waals surface area contributed by atoms with Gasteiger partial charge in [-0.2, -0.15) is 0 Å². The molecule has 0 saturated heterocycles. The maximum atomic E-state index is 13.3. The van der Waals surface area contributed by atoms with E-state index < -0.39 is 0 Å². The molecule has 0 unspecified atom stereocenters. The van der Waals surface area contributed by atoms with Gasteiger partial charge in [-0.3, -0.25) is 0 Å². The van der Waals surface area contributed by atoms with Crippen LogP contribution in [0.3, 0.4) is 0 Å². The van der Waals surface area contributed by atoms with Crippen molar-refractivity contribution in [2.45, 2.75) is 6.92 Å². The lowest BCUT2D eigenvalue weighted by Crippen LogP contribution is -1.87. The van der Waals surface area contributed by atoms with Gasteiger partial charge in [-0.1, -0.05) is 30.3 Å². The zero-order valence-corrected chi connectivity index (χ0v) is 8.37. The third-order valence-corrected chi connectivity index (χ3v) is 2.46. The molecule has 15 heavy (non-hydrogen) atoms. The average Bonchev–Trinajstić information content (AvgIpc) is 2.23. The van der Waals surface area contributed by atoms with Crippen LogP contribution in [-0.4, -0.2) is 5.11 Å². The van der Waals surface area contributed by atoms with Gasteiger partial charge < -0.3 is 5.11 Å². The standard InChI is InChI=1S/C13H11FO/c1-9-10(6-4-7-12(9)14)11-5-2-3-8-13(11)15/h2-8,15H,1H3. The largest absolute Gasteiger partial charge is 0.507 e. The Morgan fingerprint density at radius 3 is 2.33 bits per heavy atom. The highest BCUT2D eigenvalue weighted by atomic mass is 19.1. The summed E-state index contributed by atoms with van der Waals surface area (Å²) in [5.41, 5.74) is 1.95. The molecular formula is C13H11FO. The third kappa shape index (κ3) is 1.71. The fourth-order valence-electron chi connectivity index (χ4n) is 1.60. The van der Waals surface area contributed by atoms with E-state index in [2.05, 4.69) is 0 Å². The Labute approximate surface area is 87.8 Å². The summed E-state index contributed by atoms with van der Waals surface area (Å²) in [6, 6.07) is 11.8. The molecular weight excluding hydrogens is 191 g/mol. The van der Waals surface area contributed by atoms with Crippen molar-refractivity contribution in [3.05, 3.63) is 53.8 Å². The van der Waals surface area contributed by atoms with Crippen molar-refractivity contribution >= 4 is 0 Å². The van der Waals surface area contributed by atoms with Crippen LogP contribution in [0.2, 0.25) is 0 Å². The van der Waals surface area contributed by atoms with E-state index in [1.165, 1.54) is 6.07 Å². The number of benzene rings is 2. The van der Waals surface area contributed by atoms with Gasteiger partial charge in [0.25, 0.3) is 0 Å². The molecule has 1 nitrogen and oxygen atoms in total. The third-order valence-electron chi connectivity index (χ3n) is 2.46. The Kier molecular flexibility index (Phi) is 2.42. The number of para-hydroxylation sites is 1. The van der Waals surface area contributed by atoms with Crippen molar-refractivity contribution < 1.29 is 9.50 Å². The highest BCUT2D eigenvalue weighted by Crippen LogP contribution is 2.31. The van der Waals surface area contributed by atoms with Crippen molar-refractivity contribution in [1.82, 2.24) is 0 Å². The van der Waals surface area contributed by atoms with Gasteiger partial charge in [0.15, 0.2) is 0 Å². The van der Waals surface area contributed by atoms with E-state index in [1.54, 1.807) is 37.3 Å². The van der Waals surface area contributed by atoms with E-state index in [0.717, 1.165) is 5.56 Å². The minimum absolute atomic E-state index is 0.172. The zero-order valence-electron chi connectivity index (χ0n) is 8.37.